The Morgan fingerprint density at radius 3 is 2.30 bits per heavy atom. The quantitative estimate of drug-likeness (QED) is 0.682. The zero-order valence-electron chi connectivity index (χ0n) is 13.2. The van der Waals surface area contributed by atoms with Gasteiger partial charge in [-0.05, 0) is 18.2 Å². The first-order chi connectivity index (χ1) is 11.0. The predicted molar refractivity (Wildman–Crippen MR) is 85.8 cm³/mol. The van der Waals surface area contributed by atoms with E-state index in [2.05, 4.69) is 0 Å². The maximum absolute atomic E-state index is 12.2. The summed E-state index contributed by atoms with van der Waals surface area (Å²) in [5, 5.41) is 0.360. The molecular weight excluding hydrogens is 324 g/mol. The molecule has 7 nitrogen and oxygen atoms in total. The van der Waals surface area contributed by atoms with E-state index in [9.17, 15) is 9.59 Å². The third kappa shape index (κ3) is 6.43. The van der Waals surface area contributed by atoms with Gasteiger partial charge in [0, 0.05) is 32.3 Å². The number of nitrogens with two attached hydrogens (primary N) is 1. The summed E-state index contributed by atoms with van der Waals surface area (Å²) in [6.07, 6.45) is 0. The Morgan fingerprint density at radius 1 is 1.17 bits per heavy atom. The molecule has 0 aliphatic rings. The number of halogens is 1. The average molecular weight is 345 g/mol. The summed E-state index contributed by atoms with van der Waals surface area (Å²) >= 11 is 5.82. The molecule has 0 saturated carbocycles. The van der Waals surface area contributed by atoms with Crippen LogP contribution in [0.25, 0.3) is 0 Å². The van der Waals surface area contributed by atoms with Crippen LogP contribution in [-0.4, -0.2) is 63.8 Å². The van der Waals surface area contributed by atoms with Gasteiger partial charge in [-0.15, -0.1) is 0 Å². The number of hydrogen-bond donors (Lipinski definition) is 1. The van der Waals surface area contributed by atoms with Crippen LogP contribution in [0.3, 0.4) is 0 Å². The molecule has 2 N–H and O–H groups in total. The predicted octanol–water partition coefficient (Wildman–Crippen LogP) is 0.939. The minimum Gasteiger partial charge on any atom is -0.483 e. The molecule has 1 aromatic carbocycles. The van der Waals surface area contributed by atoms with Gasteiger partial charge in [0.2, 0.25) is 0 Å². The number of rotatable bonds is 10. The Kier molecular flexibility index (Phi) is 8.39. The number of amides is 2. The monoisotopic (exact) mass is 344 g/mol. The summed E-state index contributed by atoms with van der Waals surface area (Å²) in [5.41, 5.74) is 5.41. The second-order valence-electron chi connectivity index (χ2n) is 4.66. The fourth-order valence-corrected chi connectivity index (χ4v) is 1.99. The third-order valence-electron chi connectivity index (χ3n) is 3.04. The van der Waals surface area contributed by atoms with Crippen LogP contribution < -0.4 is 10.5 Å². The molecule has 0 saturated heterocycles. The van der Waals surface area contributed by atoms with Crippen molar-refractivity contribution in [2.24, 2.45) is 5.73 Å². The van der Waals surface area contributed by atoms with Gasteiger partial charge in [-0.1, -0.05) is 11.6 Å². The first-order valence-electron chi connectivity index (χ1n) is 6.97. The van der Waals surface area contributed by atoms with Crippen molar-refractivity contribution in [2.45, 2.75) is 0 Å². The molecule has 0 aliphatic carbocycles. The van der Waals surface area contributed by atoms with Gasteiger partial charge in [-0.3, -0.25) is 9.59 Å². The molecule has 0 aromatic heterocycles. The fraction of sp³-hybridized carbons (Fsp3) is 0.467. The standard InChI is InChI=1S/C15H21ClN2O5/c1-21-7-5-18(6-8-22-2)14(19)10-23-13-4-3-11(16)9-12(13)15(17)20/h3-4,9H,5-8,10H2,1-2H3,(H2,17,20). The molecule has 1 rings (SSSR count). The van der Waals surface area contributed by atoms with E-state index in [1.807, 2.05) is 0 Å². The number of nitrogens with zero attached hydrogens (tertiary/aromatic N) is 1. The zero-order valence-corrected chi connectivity index (χ0v) is 14.0. The molecule has 0 aliphatic heterocycles. The van der Waals surface area contributed by atoms with E-state index in [-0.39, 0.29) is 23.8 Å². The van der Waals surface area contributed by atoms with E-state index in [0.29, 0.717) is 31.3 Å². The van der Waals surface area contributed by atoms with Crippen LogP contribution in [0.1, 0.15) is 10.4 Å². The highest BCUT2D eigenvalue weighted by molar-refractivity contribution is 6.31. The molecule has 0 fully saturated rings. The van der Waals surface area contributed by atoms with E-state index < -0.39 is 5.91 Å². The highest BCUT2D eigenvalue weighted by Crippen LogP contribution is 2.22. The van der Waals surface area contributed by atoms with Crippen molar-refractivity contribution in [1.29, 1.82) is 0 Å². The molecule has 0 bridgehead atoms. The van der Waals surface area contributed by atoms with Crippen molar-refractivity contribution in [1.82, 2.24) is 4.90 Å². The second kappa shape index (κ2) is 10.0. The number of ether oxygens (including phenoxy) is 3. The lowest BCUT2D eigenvalue weighted by Crippen LogP contribution is -2.39. The molecule has 0 unspecified atom stereocenters. The van der Waals surface area contributed by atoms with E-state index in [0.717, 1.165) is 0 Å². The van der Waals surface area contributed by atoms with Gasteiger partial charge in [0.05, 0.1) is 18.8 Å². The smallest absolute Gasteiger partial charge is 0.260 e. The van der Waals surface area contributed by atoms with E-state index in [4.69, 9.17) is 31.5 Å². The highest BCUT2D eigenvalue weighted by atomic mass is 35.5. The molecular formula is C15H21ClN2O5. The largest absolute Gasteiger partial charge is 0.483 e. The van der Waals surface area contributed by atoms with Crippen LogP contribution in [0.5, 0.6) is 5.75 Å². The van der Waals surface area contributed by atoms with Crippen molar-refractivity contribution >= 4 is 23.4 Å². The number of carbonyl (C=O) groups excluding carboxylic acids is 2. The average Bonchev–Trinajstić information content (AvgIpc) is 2.53. The first-order valence-corrected chi connectivity index (χ1v) is 7.35. The van der Waals surface area contributed by atoms with Gasteiger partial charge in [-0.2, -0.15) is 0 Å². The van der Waals surface area contributed by atoms with Crippen LogP contribution in [0.4, 0.5) is 0 Å². The van der Waals surface area contributed by atoms with Crippen molar-refractivity contribution in [2.75, 3.05) is 47.1 Å². The van der Waals surface area contributed by atoms with Crippen LogP contribution >= 0.6 is 11.6 Å². The summed E-state index contributed by atoms with van der Waals surface area (Å²) in [4.78, 5) is 25.2. The van der Waals surface area contributed by atoms with Crippen molar-refractivity contribution in [3.63, 3.8) is 0 Å². The summed E-state index contributed by atoms with van der Waals surface area (Å²) in [6.45, 7) is 1.43. The van der Waals surface area contributed by atoms with Crippen LogP contribution in [0.15, 0.2) is 18.2 Å². The maximum Gasteiger partial charge on any atom is 0.260 e. The Balaban J connectivity index is 2.70. The molecule has 8 heteroatoms. The molecule has 0 heterocycles. The number of benzene rings is 1. The SMILES string of the molecule is COCCN(CCOC)C(=O)COc1ccc(Cl)cc1C(N)=O. The number of methoxy groups -OCH3 is 2. The molecule has 1 aromatic rings. The molecule has 0 radical (unpaired) electrons. The lowest BCUT2D eigenvalue weighted by atomic mass is 10.2. The van der Waals surface area contributed by atoms with Crippen molar-refractivity contribution < 1.29 is 23.8 Å². The molecule has 0 spiro atoms. The minimum atomic E-state index is -0.675. The topological polar surface area (TPSA) is 91.1 Å². The van der Waals surface area contributed by atoms with E-state index in [1.54, 1.807) is 25.2 Å². The summed E-state index contributed by atoms with van der Waals surface area (Å²) in [6, 6.07) is 4.46. The first kappa shape index (κ1) is 19.2. The Morgan fingerprint density at radius 2 is 1.78 bits per heavy atom. The lowest BCUT2D eigenvalue weighted by molar-refractivity contribution is -0.134. The van der Waals surface area contributed by atoms with Gasteiger partial charge >= 0.3 is 0 Å². The van der Waals surface area contributed by atoms with Gasteiger partial charge in [0.1, 0.15) is 5.75 Å². The number of primary amides is 1. The summed E-state index contributed by atoms with van der Waals surface area (Å²) < 4.78 is 15.4. The number of carbonyl (C=O) groups is 2. The number of hydrogen-bond acceptors (Lipinski definition) is 5. The Bertz CT molecular complexity index is 531. The highest BCUT2D eigenvalue weighted by Gasteiger charge is 2.16. The molecule has 128 valence electrons. The Hall–Kier alpha value is -1.83. The minimum absolute atomic E-state index is 0.130. The van der Waals surface area contributed by atoms with Crippen LogP contribution in [-0.2, 0) is 14.3 Å². The van der Waals surface area contributed by atoms with Gasteiger partial charge < -0.3 is 24.8 Å². The normalized spacial score (nSPS) is 10.4. The van der Waals surface area contributed by atoms with Crippen LogP contribution in [0.2, 0.25) is 5.02 Å². The van der Waals surface area contributed by atoms with Crippen molar-refractivity contribution in [3.05, 3.63) is 28.8 Å². The van der Waals surface area contributed by atoms with Crippen molar-refractivity contribution in [3.8, 4) is 5.75 Å². The van der Waals surface area contributed by atoms with Crippen LogP contribution in [0, 0.1) is 0 Å². The Labute approximate surface area is 140 Å². The third-order valence-corrected chi connectivity index (χ3v) is 3.28. The van der Waals surface area contributed by atoms with E-state index in [1.165, 1.54) is 12.1 Å². The molecule has 2 amide bonds. The molecule has 0 atom stereocenters. The fourth-order valence-electron chi connectivity index (χ4n) is 1.82. The van der Waals surface area contributed by atoms with Gasteiger partial charge in [0.15, 0.2) is 6.61 Å². The maximum atomic E-state index is 12.2. The second-order valence-corrected chi connectivity index (χ2v) is 5.10. The molecule has 23 heavy (non-hydrogen) atoms. The van der Waals surface area contributed by atoms with E-state index >= 15 is 0 Å². The summed E-state index contributed by atoms with van der Waals surface area (Å²) in [7, 11) is 3.12. The zero-order chi connectivity index (χ0) is 17.2. The van der Waals surface area contributed by atoms with Gasteiger partial charge in [-0.25, -0.2) is 0 Å². The lowest BCUT2D eigenvalue weighted by Gasteiger charge is -2.22. The summed E-state index contributed by atoms with van der Waals surface area (Å²) in [5.74, 6) is -0.705. The van der Waals surface area contributed by atoms with Gasteiger partial charge in [0.25, 0.3) is 11.8 Å².